The molecule has 2 aliphatic heterocycles. The van der Waals surface area contributed by atoms with Crippen LogP contribution in [0.15, 0.2) is 50.7 Å². The molecule has 1 saturated heterocycles. The normalized spacial score (nSPS) is 20.0. The SMILES string of the molecule is CO/N=C(\C(=O)NC1C(=O)N2C(C(=O)[O-])=C(C[n+]3cccc4ccsc43)CS[C@H]12)c1noc(N)n1. The number of thiophene rings is 1. The van der Waals surface area contributed by atoms with Crippen molar-refractivity contribution in [1.82, 2.24) is 20.4 Å². The van der Waals surface area contributed by atoms with Gasteiger partial charge >= 0.3 is 6.01 Å². The van der Waals surface area contributed by atoms with Gasteiger partial charge in [-0.05, 0) is 17.5 Å². The number of fused-ring (bicyclic) bond motifs is 2. The number of aliphatic carboxylic acids is 1. The van der Waals surface area contributed by atoms with Crippen molar-refractivity contribution >= 4 is 62.8 Å². The summed E-state index contributed by atoms with van der Waals surface area (Å²) in [4.78, 5) is 48.4. The zero-order chi connectivity index (χ0) is 24.7. The van der Waals surface area contributed by atoms with E-state index in [-0.39, 0.29) is 29.8 Å². The Balaban J connectivity index is 1.38. The first-order valence-corrected chi connectivity index (χ1v) is 12.1. The van der Waals surface area contributed by atoms with Gasteiger partial charge in [-0.25, -0.2) is 0 Å². The minimum Gasteiger partial charge on any atom is -0.543 e. The molecule has 0 spiro atoms. The number of β-lactam (4-membered cyclic amide) rings is 1. The molecule has 3 aromatic heterocycles. The van der Waals surface area contributed by atoms with Crippen LogP contribution in [0.3, 0.4) is 0 Å². The van der Waals surface area contributed by atoms with Crippen molar-refractivity contribution in [3.63, 3.8) is 0 Å². The van der Waals surface area contributed by atoms with Gasteiger partial charge in [0.2, 0.25) is 11.5 Å². The number of hydrogen-bond acceptors (Lipinski definition) is 12. The van der Waals surface area contributed by atoms with E-state index in [0.717, 1.165) is 15.1 Å². The summed E-state index contributed by atoms with van der Waals surface area (Å²) in [6, 6.07) is 4.55. The highest BCUT2D eigenvalue weighted by Gasteiger charge is 2.53. The summed E-state index contributed by atoms with van der Waals surface area (Å²) in [5.41, 5.74) is 5.41. The lowest BCUT2D eigenvalue weighted by Crippen LogP contribution is -2.71. The predicted molar refractivity (Wildman–Crippen MR) is 121 cm³/mol. The molecule has 3 N–H and O–H groups in total. The number of oxime groups is 1. The first-order chi connectivity index (χ1) is 16.9. The van der Waals surface area contributed by atoms with Gasteiger partial charge in [-0.2, -0.15) is 9.55 Å². The van der Waals surface area contributed by atoms with Crippen molar-refractivity contribution < 1.29 is 33.4 Å². The molecule has 180 valence electrons. The molecule has 35 heavy (non-hydrogen) atoms. The first kappa shape index (κ1) is 22.8. The number of rotatable bonds is 7. The Bertz CT molecular complexity index is 1410. The number of nitrogens with one attached hydrogen (secondary N) is 1. The average molecular weight is 516 g/mol. The molecule has 2 aliphatic rings. The Morgan fingerprint density at radius 2 is 2.29 bits per heavy atom. The second kappa shape index (κ2) is 8.99. The quantitative estimate of drug-likeness (QED) is 0.165. The fourth-order valence-electron chi connectivity index (χ4n) is 3.93. The number of nitrogen functional groups attached to an aromatic ring is 1. The highest BCUT2D eigenvalue weighted by Crippen LogP contribution is 2.40. The van der Waals surface area contributed by atoms with Crippen LogP contribution in [0.1, 0.15) is 5.82 Å². The Hall–Kier alpha value is -3.98. The molecule has 1 unspecified atom stereocenters. The number of carboxylic acid groups (broad SMARTS) is 1. The minimum absolute atomic E-state index is 0.179. The number of amides is 2. The van der Waals surface area contributed by atoms with E-state index in [1.165, 1.54) is 30.2 Å². The number of carbonyl (C=O) groups excluding carboxylic acids is 3. The van der Waals surface area contributed by atoms with Gasteiger partial charge in [0.1, 0.15) is 18.5 Å². The van der Waals surface area contributed by atoms with Gasteiger partial charge < -0.3 is 30.3 Å². The monoisotopic (exact) mass is 515 g/mol. The lowest BCUT2D eigenvalue weighted by molar-refractivity contribution is -0.661. The smallest absolute Gasteiger partial charge is 0.319 e. The fourth-order valence-corrected chi connectivity index (χ4v) is 6.14. The largest absolute Gasteiger partial charge is 0.543 e. The summed E-state index contributed by atoms with van der Waals surface area (Å²) >= 11 is 2.88. The van der Waals surface area contributed by atoms with Crippen molar-refractivity contribution in [1.29, 1.82) is 0 Å². The summed E-state index contributed by atoms with van der Waals surface area (Å²) in [7, 11) is 1.22. The van der Waals surface area contributed by atoms with Gasteiger partial charge in [0, 0.05) is 17.4 Å². The van der Waals surface area contributed by atoms with Crippen LogP contribution in [0.4, 0.5) is 6.01 Å². The number of pyridine rings is 1. The molecule has 3 aromatic rings. The number of carboxylic acids is 1. The number of nitrogens with two attached hydrogens (primary N) is 1. The van der Waals surface area contributed by atoms with Gasteiger partial charge in [0.15, 0.2) is 12.7 Å². The molecule has 0 bridgehead atoms. The van der Waals surface area contributed by atoms with Gasteiger partial charge in [-0.3, -0.25) is 14.5 Å². The van der Waals surface area contributed by atoms with E-state index in [2.05, 4.69) is 30.0 Å². The summed E-state index contributed by atoms with van der Waals surface area (Å²) in [6.45, 7) is 0.283. The van der Waals surface area contributed by atoms with Crippen molar-refractivity contribution in [3.8, 4) is 0 Å². The van der Waals surface area contributed by atoms with Crippen LogP contribution in [0.25, 0.3) is 10.2 Å². The average Bonchev–Trinajstić information content (AvgIpc) is 3.49. The van der Waals surface area contributed by atoms with Crippen LogP contribution in [0, 0.1) is 0 Å². The van der Waals surface area contributed by atoms with E-state index in [0.29, 0.717) is 11.3 Å². The van der Waals surface area contributed by atoms with Crippen LogP contribution in [-0.2, 0) is 25.8 Å². The zero-order valence-electron chi connectivity index (χ0n) is 18.0. The van der Waals surface area contributed by atoms with Crippen LogP contribution in [0.2, 0.25) is 0 Å². The van der Waals surface area contributed by atoms with Gasteiger partial charge in [-0.15, -0.1) is 11.8 Å². The summed E-state index contributed by atoms with van der Waals surface area (Å²) in [6.07, 6.45) is 1.86. The molecule has 13 nitrogen and oxygen atoms in total. The van der Waals surface area contributed by atoms with E-state index < -0.39 is 29.2 Å². The van der Waals surface area contributed by atoms with E-state index in [9.17, 15) is 19.5 Å². The molecule has 2 amide bonds. The maximum atomic E-state index is 13.0. The maximum absolute atomic E-state index is 13.0. The van der Waals surface area contributed by atoms with Crippen LogP contribution >= 0.6 is 23.1 Å². The number of hydrogen-bond donors (Lipinski definition) is 2. The van der Waals surface area contributed by atoms with Crippen LogP contribution < -0.4 is 20.7 Å². The van der Waals surface area contributed by atoms with E-state index >= 15 is 0 Å². The van der Waals surface area contributed by atoms with Crippen LogP contribution in [-0.4, -0.2) is 62.8 Å². The molecule has 5 heterocycles. The lowest BCUT2D eigenvalue weighted by atomic mass is 10.0. The summed E-state index contributed by atoms with van der Waals surface area (Å²) < 4.78 is 6.60. The molecular formula is C20H17N7O6S2. The Morgan fingerprint density at radius 1 is 1.46 bits per heavy atom. The third kappa shape index (κ3) is 3.97. The van der Waals surface area contributed by atoms with E-state index in [1.54, 1.807) is 0 Å². The summed E-state index contributed by atoms with van der Waals surface area (Å²) in [5, 5.41) is 24.1. The lowest BCUT2D eigenvalue weighted by Gasteiger charge is -2.50. The van der Waals surface area contributed by atoms with Gasteiger partial charge in [0.25, 0.3) is 16.6 Å². The second-order valence-corrected chi connectivity index (χ2v) is 9.50. The molecule has 0 aromatic carbocycles. The summed E-state index contributed by atoms with van der Waals surface area (Å²) in [5.74, 6) is -2.74. The highest BCUT2D eigenvalue weighted by atomic mass is 32.2. The first-order valence-electron chi connectivity index (χ1n) is 10.1. The maximum Gasteiger partial charge on any atom is 0.319 e. The zero-order valence-corrected chi connectivity index (χ0v) is 19.7. The molecule has 1 fully saturated rings. The number of nitrogens with zero attached hydrogens (tertiary/aromatic N) is 5. The van der Waals surface area contributed by atoms with Crippen LogP contribution in [0.5, 0.6) is 0 Å². The van der Waals surface area contributed by atoms with Gasteiger partial charge in [-0.1, -0.05) is 21.6 Å². The molecular weight excluding hydrogens is 498 g/mol. The Labute approximate surface area is 205 Å². The van der Waals surface area contributed by atoms with E-state index in [4.69, 9.17) is 5.73 Å². The molecule has 2 atom stereocenters. The van der Waals surface area contributed by atoms with Crippen molar-refractivity contribution in [2.45, 2.75) is 18.0 Å². The Morgan fingerprint density at radius 3 is 3.00 bits per heavy atom. The number of carbonyl (C=O) groups is 3. The van der Waals surface area contributed by atoms with Crippen molar-refractivity contribution in [2.75, 3.05) is 18.6 Å². The molecule has 0 radical (unpaired) electrons. The molecule has 0 aliphatic carbocycles. The third-order valence-electron chi connectivity index (χ3n) is 5.42. The number of aromatic nitrogens is 3. The Kier molecular flexibility index (Phi) is 5.86. The second-order valence-electron chi connectivity index (χ2n) is 7.50. The topological polar surface area (TPSA) is 180 Å². The number of thioether (sulfide) groups is 1. The van der Waals surface area contributed by atoms with Crippen molar-refractivity contribution in [2.24, 2.45) is 5.16 Å². The fraction of sp³-hybridized carbons (Fsp3) is 0.250. The molecule has 15 heteroatoms. The highest BCUT2D eigenvalue weighted by molar-refractivity contribution is 8.00. The standard InChI is InChI=1S/C20H17N7O6S2/c1-32-24-11(14-23-20(21)33-25-14)15(28)22-12-16(29)27-13(19(30)31)10(8-35-18(12)27)7-26-5-2-3-9-4-6-34-17(9)26/h2-6,12,18H,7-8H2,1H3,(H3-,21,22,23,25,28,30,31)/b24-11-/t12?,18-/m1/s1. The van der Waals surface area contributed by atoms with Gasteiger partial charge in [0.05, 0.1) is 17.1 Å². The predicted octanol–water partition coefficient (Wildman–Crippen LogP) is -1.39. The minimum atomic E-state index is -1.45. The third-order valence-corrected chi connectivity index (χ3v) is 7.72. The number of anilines is 1. The van der Waals surface area contributed by atoms with E-state index in [1.807, 2.05) is 34.3 Å². The molecule has 5 rings (SSSR count). The van der Waals surface area contributed by atoms with Crippen molar-refractivity contribution in [3.05, 3.63) is 46.9 Å². The molecule has 0 saturated carbocycles.